The molecule has 0 radical (unpaired) electrons. The van der Waals surface area contributed by atoms with E-state index in [9.17, 15) is 0 Å². The first-order chi connectivity index (χ1) is 11.8. The van der Waals surface area contributed by atoms with Crippen LogP contribution >= 0.6 is 11.8 Å². The lowest BCUT2D eigenvalue weighted by Gasteiger charge is -2.27. The average molecular weight is 348 g/mol. The first-order valence-electron chi connectivity index (χ1n) is 8.70. The fourth-order valence-electron chi connectivity index (χ4n) is 3.44. The lowest BCUT2D eigenvalue weighted by molar-refractivity contribution is 0.121. The second kappa shape index (κ2) is 7.14. The third kappa shape index (κ3) is 3.30. The summed E-state index contributed by atoms with van der Waals surface area (Å²) in [5, 5.41) is 14.4. The van der Waals surface area contributed by atoms with Crippen molar-refractivity contribution in [2.24, 2.45) is 7.05 Å². The van der Waals surface area contributed by atoms with Crippen LogP contribution in [0.15, 0.2) is 17.4 Å². The van der Waals surface area contributed by atoms with Gasteiger partial charge in [0.2, 0.25) is 5.95 Å². The highest BCUT2D eigenvalue weighted by Crippen LogP contribution is 2.29. The average Bonchev–Trinajstić information content (AvgIpc) is 3.35. The Labute approximate surface area is 146 Å². The molecule has 2 aromatic heterocycles. The molecule has 1 aliphatic heterocycles. The van der Waals surface area contributed by atoms with Crippen LogP contribution < -0.4 is 4.90 Å². The quantitative estimate of drug-likeness (QED) is 0.773. The first kappa shape index (κ1) is 16.0. The molecule has 8 heteroatoms. The second-order valence-electron chi connectivity index (χ2n) is 6.46. The number of thioether (sulfide) groups is 1. The highest BCUT2D eigenvalue weighted by Gasteiger charge is 2.20. The highest BCUT2D eigenvalue weighted by molar-refractivity contribution is 7.98. The molecule has 2 aromatic rings. The number of morpholine rings is 1. The van der Waals surface area contributed by atoms with Crippen molar-refractivity contribution < 1.29 is 4.74 Å². The molecule has 0 aromatic carbocycles. The molecule has 2 aliphatic rings. The van der Waals surface area contributed by atoms with E-state index in [0.717, 1.165) is 48.9 Å². The highest BCUT2D eigenvalue weighted by atomic mass is 32.2. The molecule has 3 heterocycles. The Morgan fingerprint density at radius 3 is 2.79 bits per heavy atom. The van der Waals surface area contributed by atoms with Crippen LogP contribution in [-0.2, 0) is 17.5 Å². The normalized spacial score (nSPS) is 19.3. The van der Waals surface area contributed by atoms with Crippen molar-refractivity contribution in [2.45, 2.75) is 42.6 Å². The van der Waals surface area contributed by atoms with Gasteiger partial charge in [-0.1, -0.05) is 24.6 Å². The van der Waals surface area contributed by atoms with Crippen LogP contribution in [0.3, 0.4) is 0 Å². The molecule has 4 rings (SSSR count). The van der Waals surface area contributed by atoms with Crippen LogP contribution in [0, 0.1) is 0 Å². The van der Waals surface area contributed by atoms with Gasteiger partial charge in [-0.3, -0.25) is 9.25 Å². The van der Waals surface area contributed by atoms with Crippen LogP contribution in [0.2, 0.25) is 0 Å². The summed E-state index contributed by atoms with van der Waals surface area (Å²) in [6.45, 7) is 3.27. The summed E-state index contributed by atoms with van der Waals surface area (Å²) >= 11 is 1.70. The van der Waals surface area contributed by atoms with Crippen molar-refractivity contribution in [3.05, 3.63) is 18.0 Å². The van der Waals surface area contributed by atoms with Gasteiger partial charge < -0.3 is 9.64 Å². The molecule has 0 spiro atoms. The Kier molecular flexibility index (Phi) is 4.75. The number of ether oxygens (including phenoxy) is 1. The summed E-state index contributed by atoms with van der Waals surface area (Å²) < 4.78 is 9.63. The van der Waals surface area contributed by atoms with Gasteiger partial charge in [-0.2, -0.15) is 5.10 Å². The van der Waals surface area contributed by atoms with Crippen molar-refractivity contribution in [1.82, 2.24) is 24.5 Å². The van der Waals surface area contributed by atoms with Crippen molar-refractivity contribution in [1.29, 1.82) is 0 Å². The topological polar surface area (TPSA) is 61.0 Å². The van der Waals surface area contributed by atoms with E-state index in [2.05, 4.69) is 36.6 Å². The molecule has 130 valence electrons. The van der Waals surface area contributed by atoms with Gasteiger partial charge in [0.05, 0.1) is 24.9 Å². The Hall–Kier alpha value is -1.54. The van der Waals surface area contributed by atoms with E-state index in [1.165, 1.54) is 25.7 Å². The van der Waals surface area contributed by atoms with E-state index >= 15 is 0 Å². The minimum absolute atomic E-state index is 0.603. The van der Waals surface area contributed by atoms with Gasteiger partial charge in [0.15, 0.2) is 5.16 Å². The maximum Gasteiger partial charge on any atom is 0.227 e. The third-order valence-electron chi connectivity index (χ3n) is 4.82. The molecule has 0 N–H and O–H groups in total. The standard InChI is InChI=1S/C16H24N6OS/c1-20-15(21-8-10-23-11-9-21)17-18-16(20)24-12-13-6-7-22(19-13)14-4-2-3-5-14/h6-7,14H,2-5,8-12H2,1H3. The van der Waals surface area contributed by atoms with E-state index in [-0.39, 0.29) is 0 Å². The molecular weight excluding hydrogens is 324 g/mol. The predicted octanol–water partition coefficient (Wildman–Crippen LogP) is 2.26. The number of hydrogen-bond acceptors (Lipinski definition) is 6. The Balaban J connectivity index is 1.38. The van der Waals surface area contributed by atoms with Crippen molar-refractivity contribution in [2.75, 3.05) is 31.2 Å². The smallest absolute Gasteiger partial charge is 0.227 e. The van der Waals surface area contributed by atoms with E-state index in [4.69, 9.17) is 9.84 Å². The van der Waals surface area contributed by atoms with Gasteiger partial charge in [-0.15, -0.1) is 10.2 Å². The van der Waals surface area contributed by atoms with Gasteiger partial charge in [0, 0.05) is 32.1 Å². The van der Waals surface area contributed by atoms with Crippen molar-refractivity contribution in [3.63, 3.8) is 0 Å². The van der Waals surface area contributed by atoms with Crippen LogP contribution in [0.4, 0.5) is 5.95 Å². The van der Waals surface area contributed by atoms with E-state index in [1.54, 1.807) is 11.8 Å². The van der Waals surface area contributed by atoms with Crippen LogP contribution in [0.25, 0.3) is 0 Å². The summed E-state index contributed by atoms with van der Waals surface area (Å²) in [7, 11) is 2.03. The van der Waals surface area contributed by atoms with E-state index < -0.39 is 0 Å². The van der Waals surface area contributed by atoms with Gasteiger partial charge in [0.1, 0.15) is 0 Å². The van der Waals surface area contributed by atoms with Crippen molar-refractivity contribution in [3.8, 4) is 0 Å². The molecule has 1 aliphatic carbocycles. The maximum atomic E-state index is 5.40. The van der Waals surface area contributed by atoms with Crippen LogP contribution in [0.5, 0.6) is 0 Å². The SMILES string of the molecule is Cn1c(SCc2ccn(C3CCCC3)n2)nnc1N1CCOCC1. The summed E-state index contributed by atoms with van der Waals surface area (Å²) in [6, 6.07) is 2.73. The largest absolute Gasteiger partial charge is 0.378 e. The van der Waals surface area contributed by atoms with Gasteiger partial charge in [0.25, 0.3) is 0 Å². The Bertz CT molecular complexity index is 672. The number of anilines is 1. The Morgan fingerprint density at radius 2 is 2.00 bits per heavy atom. The lowest BCUT2D eigenvalue weighted by atomic mass is 10.3. The summed E-state index contributed by atoms with van der Waals surface area (Å²) in [5.74, 6) is 1.76. The van der Waals surface area contributed by atoms with Crippen LogP contribution in [0.1, 0.15) is 37.4 Å². The molecule has 0 bridgehead atoms. The molecule has 1 saturated heterocycles. The number of aromatic nitrogens is 5. The van der Waals surface area contributed by atoms with Crippen LogP contribution in [-0.4, -0.2) is 50.8 Å². The monoisotopic (exact) mass is 348 g/mol. The first-order valence-corrected chi connectivity index (χ1v) is 9.69. The number of nitrogens with zero attached hydrogens (tertiary/aromatic N) is 6. The fraction of sp³-hybridized carbons (Fsp3) is 0.688. The van der Waals surface area contributed by atoms with E-state index in [1.807, 2.05) is 7.05 Å². The predicted molar refractivity (Wildman–Crippen MR) is 93.3 cm³/mol. The molecular formula is C16H24N6OS. The molecule has 24 heavy (non-hydrogen) atoms. The van der Waals surface area contributed by atoms with Gasteiger partial charge >= 0.3 is 0 Å². The minimum atomic E-state index is 0.603. The fourth-order valence-corrected chi connectivity index (χ4v) is 4.24. The molecule has 1 saturated carbocycles. The molecule has 7 nitrogen and oxygen atoms in total. The molecule has 0 amide bonds. The zero-order valence-electron chi connectivity index (χ0n) is 14.1. The minimum Gasteiger partial charge on any atom is -0.378 e. The molecule has 0 atom stereocenters. The second-order valence-corrected chi connectivity index (χ2v) is 7.40. The number of hydrogen-bond donors (Lipinski definition) is 0. The molecule has 2 fully saturated rings. The lowest BCUT2D eigenvalue weighted by Crippen LogP contribution is -2.37. The van der Waals surface area contributed by atoms with E-state index in [0.29, 0.717) is 6.04 Å². The van der Waals surface area contributed by atoms with Gasteiger partial charge in [-0.25, -0.2) is 0 Å². The maximum absolute atomic E-state index is 5.40. The summed E-state index contributed by atoms with van der Waals surface area (Å²) in [5.41, 5.74) is 1.11. The zero-order valence-corrected chi connectivity index (χ0v) is 14.9. The van der Waals surface area contributed by atoms with Gasteiger partial charge in [-0.05, 0) is 18.9 Å². The number of rotatable bonds is 5. The molecule has 0 unspecified atom stereocenters. The zero-order chi connectivity index (χ0) is 16.4. The Morgan fingerprint density at radius 1 is 1.21 bits per heavy atom. The summed E-state index contributed by atoms with van der Waals surface area (Å²) in [4.78, 5) is 2.23. The summed E-state index contributed by atoms with van der Waals surface area (Å²) in [6.07, 6.45) is 7.32. The third-order valence-corrected chi connectivity index (χ3v) is 5.87. The van der Waals surface area contributed by atoms with Crippen molar-refractivity contribution >= 4 is 17.7 Å².